The minimum atomic E-state index is 0.591. The maximum absolute atomic E-state index is 5.74. The summed E-state index contributed by atoms with van der Waals surface area (Å²) in [6, 6.07) is 0.730. The van der Waals surface area contributed by atoms with Crippen molar-refractivity contribution in [3.63, 3.8) is 0 Å². The molecule has 2 N–H and O–H groups in total. The van der Waals surface area contributed by atoms with Gasteiger partial charge in [-0.2, -0.15) is 11.8 Å². The van der Waals surface area contributed by atoms with Crippen LogP contribution >= 0.6 is 11.8 Å². The molecule has 1 fully saturated rings. The van der Waals surface area contributed by atoms with Gasteiger partial charge in [-0.05, 0) is 25.0 Å². The topological polar surface area (TPSA) is 43.8 Å². The van der Waals surface area contributed by atoms with Gasteiger partial charge in [-0.3, -0.25) is 0 Å². The molecule has 2 aliphatic rings. The lowest BCUT2D eigenvalue weighted by molar-refractivity contribution is 0.651. The molecule has 0 radical (unpaired) electrons. The third-order valence-electron chi connectivity index (χ3n) is 2.98. The summed E-state index contributed by atoms with van der Waals surface area (Å²) in [5, 5.41) is 0. The maximum atomic E-state index is 5.74. The lowest BCUT2D eigenvalue weighted by Gasteiger charge is -2.14. The van der Waals surface area contributed by atoms with Gasteiger partial charge in [0.1, 0.15) is 5.82 Å². The highest BCUT2D eigenvalue weighted by Gasteiger charge is 2.30. The zero-order valence-electron chi connectivity index (χ0n) is 8.20. The molecule has 1 aromatic rings. The molecule has 1 aromatic heterocycles. The SMILES string of the molecule is NCc1nc2c(n1C1CC1)CCSC2. The summed E-state index contributed by atoms with van der Waals surface area (Å²) < 4.78 is 2.43. The third kappa shape index (κ3) is 1.28. The van der Waals surface area contributed by atoms with E-state index in [0.29, 0.717) is 6.54 Å². The fourth-order valence-electron chi connectivity index (χ4n) is 2.19. The molecule has 0 saturated heterocycles. The predicted molar refractivity (Wildman–Crippen MR) is 58.3 cm³/mol. The Kier molecular flexibility index (Phi) is 2.06. The Balaban J connectivity index is 2.08. The molecule has 1 aliphatic heterocycles. The normalized spacial score (nSPS) is 20.9. The van der Waals surface area contributed by atoms with Gasteiger partial charge in [-0.1, -0.05) is 0 Å². The molecule has 0 unspecified atom stereocenters. The number of hydrogen-bond acceptors (Lipinski definition) is 3. The first kappa shape index (κ1) is 8.80. The van der Waals surface area contributed by atoms with Crippen molar-refractivity contribution in [2.75, 3.05) is 5.75 Å². The van der Waals surface area contributed by atoms with Crippen LogP contribution in [0.3, 0.4) is 0 Å². The number of rotatable bonds is 2. The molecule has 0 atom stereocenters. The van der Waals surface area contributed by atoms with Crippen LogP contribution in [0.4, 0.5) is 0 Å². The summed E-state index contributed by atoms with van der Waals surface area (Å²) in [4.78, 5) is 4.65. The van der Waals surface area contributed by atoms with Crippen molar-refractivity contribution in [1.82, 2.24) is 9.55 Å². The average molecular weight is 209 g/mol. The molecule has 4 heteroatoms. The lowest BCUT2D eigenvalue weighted by Crippen LogP contribution is -2.11. The summed E-state index contributed by atoms with van der Waals surface area (Å²) in [5.41, 5.74) is 8.52. The molecule has 0 spiro atoms. The highest BCUT2D eigenvalue weighted by atomic mass is 32.2. The summed E-state index contributed by atoms with van der Waals surface area (Å²) in [7, 11) is 0. The highest BCUT2D eigenvalue weighted by Crippen LogP contribution is 2.39. The van der Waals surface area contributed by atoms with Crippen molar-refractivity contribution in [2.45, 2.75) is 37.6 Å². The number of hydrogen-bond donors (Lipinski definition) is 1. The zero-order chi connectivity index (χ0) is 9.54. The molecule has 0 aromatic carbocycles. The van der Waals surface area contributed by atoms with E-state index in [1.807, 2.05) is 11.8 Å². The molecule has 3 rings (SSSR count). The number of fused-ring (bicyclic) bond motifs is 1. The van der Waals surface area contributed by atoms with Crippen molar-refractivity contribution >= 4 is 11.8 Å². The van der Waals surface area contributed by atoms with Gasteiger partial charge in [0.15, 0.2) is 0 Å². The molecular weight excluding hydrogens is 194 g/mol. The Morgan fingerprint density at radius 3 is 3.07 bits per heavy atom. The van der Waals surface area contributed by atoms with Crippen molar-refractivity contribution in [3.8, 4) is 0 Å². The molecule has 3 nitrogen and oxygen atoms in total. The molecule has 76 valence electrons. The Labute approximate surface area is 88.1 Å². The Bertz CT molecular complexity index is 354. The van der Waals surface area contributed by atoms with Gasteiger partial charge in [0, 0.05) is 17.5 Å². The summed E-state index contributed by atoms with van der Waals surface area (Å²) >= 11 is 1.99. The lowest BCUT2D eigenvalue weighted by atomic mass is 10.2. The van der Waals surface area contributed by atoms with Crippen LogP contribution in [0.25, 0.3) is 0 Å². The van der Waals surface area contributed by atoms with Gasteiger partial charge >= 0.3 is 0 Å². The van der Waals surface area contributed by atoms with Crippen LogP contribution in [0.2, 0.25) is 0 Å². The molecule has 0 amide bonds. The van der Waals surface area contributed by atoms with Gasteiger partial charge in [0.2, 0.25) is 0 Å². The Hall–Kier alpha value is -0.480. The minimum Gasteiger partial charge on any atom is -0.328 e. The van der Waals surface area contributed by atoms with Crippen LogP contribution in [-0.4, -0.2) is 15.3 Å². The van der Waals surface area contributed by atoms with Crippen LogP contribution in [0, 0.1) is 0 Å². The van der Waals surface area contributed by atoms with E-state index in [9.17, 15) is 0 Å². The largest absolute Gasteiger partial charge is 0.328 e. The van der Waals surface area contributed by atoms with Gasteiger partial charge in [-0.15, -0.1) is 0 Å². The molecule has 1 aliphatic carbocycles. The van der Waals surface area contributed by atoms with Crippen molar-refractivity contribution in [2.24, 2.45) is 5.73 Å². The predicted octanol–water partition coefficient (Wildman–Crippen LogP) is 1.47. The molecule has 1 saturated carbocycles. The van der Waals surface area contributed by atoms with Crippen molar-refractivity contribution < 1.29 is 0 Å². The van der Waals surface area contributed by atoms with Gasteiger partial charge in [0.05, 0.1) is 12.2 Å². The Morgan fingerprint density at radius 1 is 1.50 bits per heavy atom. The highest BCUT2D eigenvalue weighted by molar-refractivity contribution is 7.98. The van der Waals surface area contributed by atoms with Crippen LogP contribution < -0.4 is 5.73 Å². The van der Waals surface area contributed by atoms with E-state index in [4.69, 9.17) is 5.73 Å². The van der Waals surface area contributed by atoms with Gasteiger partial charge in [-0.25, -0.2) is 4.98 Å². The van der Waals surface area contributed by atoms with Gasteiger partial charge in [0.25, 0.3) is 0 Å². The summed E-state index contributed by atoms with van der Waals surface area (Å²) in [5.74, 6) is 3.44. The molecular formula is C10H15N3S. The first-order valence-corrected chi connectivity index (χ1v) is 6.42. The molecule has 0 bridgehead atoms. The van der Waals surface area contributed by atoms with Crippen LogP contribution in [-0.2, 0) is 18.7 Å². The maximum Gasteiger partial charge on any atom is 0.123 e. The standard InChI is InChI=1S/C10H15N3S/c11-5-10-12-8-6-14-4-3-9(8)13(10)7-1-2-7/h7H,1-6,11H2. The number of aromatic nitrogens is 2. The summed E-state index contributed by atoms with van der Waals surface area (Å²) in [6.45, 7) is 0.591. The summed E-state index contributed by atoms with van der Waals surface area (Å²) in [6.07, 6.45) is 3.83. The number of nitrogens with zero attached hydrogens (tertiary/aromatic N) is 2. The molecule has 14 heavy (non-hydrogen) atoms. The van der Waals surface area contributed by atoms with E-state index in [1.165, 1.54) is 36.4 Å². The van der Waals surface area contributed by atoms with Crippen molar-refractivity contribution in [3.05, 3.63) is 17.2 Å². The van der Waals surface area contributed by atoms with E-state index >= 15 is 0 Å². The monoisotopic (exact) mass is 209 g/mol. The Morgan fingerprint density at radius 2 is 2.36 bits per heavy atom. The number of imidazole rings is 1. The first-order chi connectivity index (χ1) is 6.90. The molecule has 2 heterocycles. The van der Waals surface area contributed by atoms with Gasteiger partial charge < -0.3 is 10.3 Å². The quantitative estimate of drug-likeness (QED) is 0.802. The van der Waals surface area contributed by atoms with Crippen LogP contribution in [0.5, 0.6) is 0 Å². The zero-order valence-corrected chi connectivity index (χ0v) is 9.02. The average Bonchev–Trinajstić information content (AvgIpc) is 2.98. The third-order valence-corrected chi connectivity index (χ3v) is 3.95. The van der Waals surface area contributed by atoms with E-state index < -0.39 is 0 Å². The van der Waals surface area contributed by atoms with E-state index in [-0.39, 0.29) is 0 Å². The fourth-order valence-corrected chi connectivity index (χ4v) is 3.10. The van der Waals surface area contributed by atoms with E-state index in [0.717, 1.165) is 17.6 Å². The van der Waals surface area contributed by atoms with Crippen LogP contribution in [0.1, 0.15) is 36.1 Å². The second kappa shape index (κ2) is 3.28. The smallest absolute Gasteiger partial charge is 0.123 e. The number of nitrogens with two attached hydrogens (primary N) is 1. The minimum absolute atomic E-state index is 0.591. The number of thioether (sulfide) groups is 1. The van der Waals surface area contributed by atoms with E-state index in [2.05, 4.69) is 9.55 Å². The fraction of sp³-hybridized carbons (Fsp3) is 0.700. The van der Waals surface area contributed by atoms with Crippen molar-refractivity contribution in [1.29, 1.82) is 0 Å². The van der Waals surface area contributed by atoms with Crippen LogP contribution in [0.15, 0.2) is 0 Å². The second-order valence-electron chi connectivity index (χ2n) is 4.03. The first-order valence-electron chi connectivity index (χ1n) is 5.27. The second-order valence-corrected chi connectivity index (χ2v) is 5.13. The van der Waals surface area contributed by atoms with E-state index in [1.54, 1.807) is 0 Å².